The van der Waals surface area contributed by atoms with E-state index in [2.05, 4.69) is 36.9 Å². The van der Waals surface area contributed by atoms with E-state index in [0.29, 0.717) is 11.3 Å². The van der Waals surface area contributed by atoms with Gasteiger partial charge in [0.2, 0.25) is 0 Å². The Morgan fingerprint density at radius 1 is 1.10 bits per heavy atom. The van der Waals surface area contributed by atoms with Crippen LogP contribution in [0.4, 0.5) is 0 Å². The molecular weight excluding hydrogens is 372 g/mol. The molecule has 1 N–H and O–H groups in total. The summed E-state index contributed by atoms with van der Waals surface area (Å²) in [5, 5.41) is 10.2. The third-order valence-electron chi connectivity index (χ3n) is 6.55. The SMILES string of the molecule is CCCC(C)CN1CCC(c2ccc(C(=O)N(C)C)cc2)(c2cccc(O)c2)CC1. The molecule has 3 rings (SSSR count). The second kappa shape index (κ2) is 9.65. The zero-order valence-electron chi connectivity index (χ0n) is 18.9. The van der Waals surface area contributed by atoms with Crippen LogP contribution in [0.25, 0.3) is 0 Å². The van der Waals surface area contributed by atoms with Gasteiger partial charge < -0.3 is 14.9 Å². The average molecular weight is 409 g/mol. The van der Waals surface area contributed by atoms with Gasteiger partial charge in [-0.15, -0.1) is 0 Å². The largest absolute Gasteiger partial charge is 0.508 e. The number of phenolic OH excluding ortho intramolecular Hbond substituents is 1. The second-order valence-corrected chi connectivity index (χ2v) is 9.10. The smallest absolute Gasteiger partial charge is 0.253 e. The lowest BCUT2D eigenvalue weighted by Gasteiger charge is -2.43. The number of hydrogen-bond donors (Lipinski definition) is 1. The number of phenols is 1. The van der Waals surface area contributed by atoms with Crippen molar-refractivity contribution < 1.29 is 9.90 Å². The van der Waals surface area contributed by atoms with E-state index in [1.807, 2.05) is 24.3 Å². The van der Waals surface area contributed by atoms with Gasteiger partial charge in [-0.2, -0.15) is 0 Å². The van der Waals surface area contributed by atoms with Crippen molar-refractivity contribution in [3.05, 3.63) is 65.2 Å². The Balaban J connectivity index is 1.88. The zero-order chi connectivity index (χ0) is 21.7. The Labute approximate surface area is 181 Å². The lowest BCUT2D eigenvalue weighted by Crippen LogP contribution is -2.44. The van der Waals surface area contributed by atoms with Crippen LogP contribution in [0.5, 0.6) is 5.75 Å². The molecule has 0 aromatic heterocycles. The summed E-state index contributed by atoms with van der Waals surface area (Å²) in [6.45, 7) is 7.84. The molecule has 0 radical (unpaired) electrons. The molecule has 1 aliphatic heterocycles. The third-order valence-corrected chi connectivity index (χ3v) is 6.55. The highest BCUT2D eigenvalue weighted by molar-refractivity contribution is 5.93. The predicted octanol–water partition coefficient (Wildman–Crippen LogP) is 4.91. The van der Waals surface area contributed by atoms with Crippen LogP contribution in [0.3, 0.4) is 0 Å². The van der Waals surface area contributed by atoms with Crippen molar-refractivity contribution >= 4 is 5.91 Å². The van der Waals surface area contributed by atoms with E-state index in [4.69, 9.17) is 0 Å². The molecule has 2 aromatic carbocycles. The van der Waals surface area contributed by atoms with Gasteiger partial charge in [-0.3, -0.25) is 4.79 Å². The van der Waals surface area contributed by atoms with Gasteiger partial charge in [0.1, 0.15) is 5.75 Å². The van der Waals surface area contributed by atoms with Gasteiger partial charge in [0.05, 0.1) is 0 Å². The number of benzene rings is 2. The van der Waals surface area contributed by atoms with E-state index in [9.17, 15) is 9.90 Å². The average Bonchev–Trinajstić information content (AvgIpc) is 2.74. The number of amides is 1. The highest BCUT2D eigenvalue weighted by atomic mass is 16.3. The topological polar surface area (TPSA) is 43.8 Å². The molecule has 1 saturated heterocycles. The first-order valence-electron chi connectivity index (χ1n) is 11.2. The molecule has 1 atom stereocenters. The monoisotopic (exact) mass is 408 g/mol. The number of rotatable bonds is 7. The molecule has 162 valence electrons. The van der Waals surface area contributed by atoms with Gasteiger partial charge in [-0.1, -0.05) is 44.5 Å². The number of nitrogens with zero attached hydrogens (tertiary/aromatic N) is 2. The first-order valence-corrected chi connectivity index (χ1v) is 11.2. The normalized spacial score (nSPS) is 17.5. The highest BCUT2D eigenvalue weighted by Gasteiger charge is 2.38. The van der Waals surface area contributed by atoms with Crippen molar-refractivity contribution in [2.45, 2.75) is 44.9 Å². The minimum Gasteiger partial charge on any atom is -0.508 e. The molecule has 0 bridgehead atoms. The highest BCUT2D eigenvalue weighted by Crippen LogP contribution is 2.43. The Morgan fingerprint density at radius 3 is 2.33 bits per heavy atom. The van der Waals surface area contributed by atoms with E-state index in [1.165, 1.54) is 18.4 Å². The van der Waals surface area contributed by atoms with E-state index >= 15 is 0 Å². The lowest BCUT2D eigenvalue weighted by atomic mass is 9.68. The standard InChI is InChI=1S/C26H36N2O2/c1-5-7-20(2)19-28-16-14-26(15-17-28,23-8-6-9-24(29)18-23)22-12-10-21(11-13-22)25(30)27(3)4/h6,8-13,18,20,29H,5,7,14-17,19H2,1-4H3. The molecular formula is C26H36N2O2. The van der Waals surface area contributed by atoms with Gasteiger partial charge in [0.15, 0.2) is 0 Å². The summed E-state index contributed by atoms with van der Waals surface area (Å²) < 4.78 is 0. The van der Waals surface area contributed by atoms with Crippen LogP contribution in [0.15, 0.2) is 48.5 Å². The van der Waals surface area contributed by atoms with Crippen LogP contribution < -0.4 is 0 Å². The molecule has 30 heavy (non-hydrogen) atoms. The lowest BCUT2D eigenvalue weighted by molar-refractivity contribution is 0.0827. The van der Waals surface area contributed by atoms with Crippen molar-refractivity contribution in [3.63, 3.8) is 0 Å². The predicted molar refractivity (Wildman–Crippen MR) is 123 cm³/mol. The molecule has 0 saturated carbocycles. The Morgan fingerprint density at radius 2 is 1.77 bits per heavy atom. The van der Waals surface area contributed by atoms with Crippen molar-refractivity contribution in [1.29, 1.82) is 0 Å². The number of carbonyl (C=O) groups is 1. The molecule has 1 heterocycles. The van der Waals surface area contributed by atoms with Gasteiger partial charge >= 0.3 is 0 Å². The fourth-order valence-electron chi connectivity index (χ4n) is 4.88. The third kappa shape index (κ3) is 4.86. The fourth-order valence-corrected chi connectivity index (χ4v) is 4.88. The first-order chi connectivity index (χ1) is 14.4. The summed E-state index contributed by atoms with van der Waals surface area (Å²) >= 11 is 0. The summed E-state index contributed by atoms with van der Waals surface area (Å²) in [6.07, 6.45) is 4.53. The summed E-state index contributed by atoms with van der Waals surface area (Å²) in [6, 6.07) is 15.8. The molecule has 1 unspecified atom stereocenters. The minimum atomic E-state index is -0.136. The summed E-state index contributed by atoms with van der Waals surface area (Å²) in [5.41, 5.74) is 2.96. The van der Waals surface area contributed by atoms with Crippen molar-refractivity contribution in [2.75, 3.05) is 33.7 Å². The van der Waals surface area contributed by atoms with Crippen LogP contribution in [0.2, 0.25) is 0 Å². The van der Waals surface area contributed by atoms with Crippen LogP contribution in [-0.4, -0.2) is 54.5 Å². The van der Waals surface area contributed by atoms with E-state index < -0.39 is 0 Å². The molecule has 1 fully saturated rings. The number of piperidine rings is 1. The zero-order valence-corrected chi connectivity index (χ0v) is 18.9. The summed E-state index contributed by atoms with van der Waals surface area (Å²) in [4.78, 5) is 16.5. The fraction of sp³-hybridized carbons (Fsp3) is 0.500. The van der Waals surface area contributed by atoms with Crippen molar-refractivity contribution in [1.82, 2.24) is 9.80 Å². The molecule has 2 aromatic rings. The number of carbonyl (C=O) groups excluding carboxylic acids is 1. The van der Waals surface area contributed by atoms with Gasteiger partial charge in [0.25, 0.3) is 5.91 Å². The Bertz CT molecular complexity index is 836. The maximum absolute atomic E-state index is 12.3. The summed E-state index contributed by atoms with van der Waals surface area (Å²) in [7, 11) is 3.56. The number of hydrogen-bond acceptors (Lipinski definition) is 3. The quantitative estimate of drug-likeness (QED) is 0.708. The molecule has 0 spiro atoms. The Kier molecular flexibility index (Phi) is 7.19. The Hall–Kier alpha value is -2.33. The van der Waals surface area contributed by atoms with Crippen LogP contribution in [0, 0.1) is 5.92 Å². The van der Waals surface area contributed by atoms with Crippen LogP contribution in [-0.2, 0) is 5.41 Å². The van der Waals surface area contributed by atoms with E-state index in [1.54, 1.807) is 25.1 Å². The van der Waals surface area contributed by atoms with Crippen LogP contribution in [0.1, 0.15) is 61.0 Å². The van der Waals surface area contributed by atoms with Crippen LogP contribution >= 0.6 is 0 Å². The molecule has 1 amide bonds. The van der Waals surface area contributed by atoms with Gasteiger partial charge in [-0.05, 0) is 73.7 Å². The second-order valence-electron chi connectivity index (χ2n) is 9.10. The van der Waals surface area contributed by atoms with Gasteiger partial charge in [0, 0.05) is 31.6 Å². The summed E-state index contributed by atoms with van der Waals surface area (Å²) in [5.74, 6) is 1.05. The number of aromatic hydroxyl groups is 1. The van der Waals surface area contributed by atoms with Crippen molar-refractivity contribution in [2.24, 2.45) is 5.92 Å². The maximum Gasteiger partial charge on any atom is 0.253 e. The molecule has 1 aliphatic rings. The minimum absolute atomic E-state index is 0.0210. The molecule has 4 nitrogen and oxygen atoms in total. The van der Waals surface area contributed by atoms with Gasteiger partial charge in [-0.25, -0.2) is 0 Å². The number of likely N-dealkylation sites (tertiary alicyclic amines) is 1. The maximum atomic E-state index is 12.3. The van der Waals surface area contributed by atoms with E-state index in [-0.39, 0.29) is 11.3 Å². The first kappa shape index (κ1) is 22.4. The molecule has 4 heteroatoms. The molecule has 0 aliphatic carbocycles. The van der Waals surface area contributed by atoms with E-state index in [0.717, 1.165) is 44.0 Å². The van der Waals surface area contributed by atoms with Crippen molar-refractivity contribution in [3.8, 4) is 5.75 Å².